The number of likely N-dealkylation sites (tertiary alicyclic amines) is 2. The summed E-state index contributed by atoms with van der Waals surface area (Å²) in [5.74, 6) is 0.277. The molecule has 4 aromatic rings. The van der Waals surface area contributed by atoms with Crippen LogP contribution >= 0.6 is 24.8 Å². The Morgan fingerprint density at radius 1 is 0.613 bits per heavy atom. The zero-order valence-corrected chi connectivity index (χ0v) is 37.4. The van der Waals surface area contributed by atoms with E-state index in [0.29, 0.717) is 39.1 Å². The molecule has 2 fully saturated rings. The molecule has 2 saturated heterocycles. The topological polar surface area (TPSA) is 140 Å². The van der Waals surface area contributed by atoms with Crippen molar-refractivity contribution >= 4 is 47.9 Å². The summed E-state index contributed by atoms with van der Waals surface area (Å²) in [4.78, 5) is 26.9. The van der Waals surface area contributed by atoms with E-state index < -0.39 is 17.4 Å². The largest absolute Gasteiger partial charge is 0.488 e. The zero-order valence-electron chi connectivity index (χ0n) is 35.7. The molecule has 8 rings (SSSR count). The van der Waals surface area contributed by atoms with Gasteiger partial charge in [-0.25, -0.2) is 0 Å². The number of piperidine rings is 2. The van der Waals surface area contributed by atoms with Crippen molar-refractivity contribution in [1.29, 1.82) is 0 Å². The van der Waals surface area contributed by atoms with E-state index in [9.17, 15) is 24.9 Å². The highest BCUT2D eigenvalue weighted by Crippen LogP contribution is 2.43. The van der Waals surface area contributed by atoms with Gasteiger partial charge in [-0.2, -0.15) is 0 Å². The van der Waals surface area contributed by atoms with Crippen molar-refractivity contribution in [3.05, 3.63) is 141 Å². The van der Waals surface area contributed by atoms with Crippen molar-refractivity contribution in [3.8, 4) is 11.5 Å². The number of nitrogens with zero attached hydrogens (tertiary/aromatic N) is 2. The highest BCUT2D eigenvalue weighted by molar-refractivity contribution is 5.88. The fourth-order valence-electron chi connectivity index (χ4n) is 8.92. The predicted octanol–water partition coefficient (Wildman–Crippen LogP) is 8.45. The van der Waals surface area contributed by atoms with Crippen molar-refractivity contribution < 1.29 is 39.5 Å². The number of carboxylic acid groups (broad SMARTS) is 2. The number of hydrogen-bond donors (Lipinski definition) is 4. The molecule has 4 aliphatic rings. The Balaban J connectivity index is 0.000000227. The van der Waals surface area contributed by atoms with Crippen molar-refractivity contribution in [2.75, 3.05) is 52.5 Å². The molecule has 0 bridgehead atoms. The third-order valence-electron chi connectivity index (χ3n) is 12.2. The third-order valence-corrected chi connectivity index (χ3v) is 12.2. The second kappa shape index (κ2) is 22.1. The average molecular weight is 888 g/mol. The first-order chi connectivity index (χ1) is 29.0. The van der Waals surface area contributed by atoms with Crippen molar-refractivity contribution in [2.24, 2.45) is 5.41 Å². The summed E-state index contributed by atoms with van der Waals surface area (Å²) in [5, 5.41) is 37.2. The van der Waals surface area contributed by atoms with E-state index in [2.05, 4.69) is 58.3 Å². The predicted molar refractivity (Wildman–Crippen MR) is 248 cm³/mol. The Kier molecular flexibility index (Phi) is 17.2. The van der Waals surface area contributed by atoms with E-state index in [-0.39, 0.29) is 44.4 Å². The third kappa shape index (κ3) is 11.5. The molecule has 0 unspecified atom stereocenters. The lowest BCUT2D eigenvalue weighted by Gasteiger charge is -2.34. The van der Waals surface area contributed by atoms with E-state index in [0.717, 1.165) is 85.6 Å². The summed E-state index contributed by atoms with van der Waals surface area (Å²) in [5.41, 5.74) is 13.8. The Hall–Kier alpha value is -4.68. The molecule has 0 saturated carbocycles. The van der Waals surface area contributed by atoms with Gasteiger partial charge in [-0.1, -0.05) is 71.8 Å². The Morgan fingerprint density at radius 3 is 1.47 bits per heavy atom. The van der Waals surface area contributed by atoms with Gasteiger partial charge < -0.3 is 39.7 Å². The second-order valence-electron chi connectivity index (χ2n) is 16.9. The molecule has 0 aliphatic carbocycles. The van der Waals surface area contributed by atoms with Crippen LogP contribution in [-0.2, 0) is 35.6 Å². The van der Waals surface area contributed by atoms with Crippen molar-refractivity contribution in [3.63, 3.8) is 0 Å². The summed E-state index contributed by atoms with van der Waals surface area (Å²) in [7, 11) is 0. The van der Waals surface area contributed by atoms with E-state index in [4.69, 9.17) is 14.6 Å². The van der Waals surface area contributed by atoms with Gasteiger partial charge in [0.2, 0.25) is 0 Å². The number of halogens is 2. The molecular weight excluding hydrogens is 827 g/mol. The van der Waals surface area contributed by atoms with E-state index in [1.165, 1.54) is 44.5 Å². The lowest BCUT2D eigenvalue weighted by molar-refractivity contribution is -0.148. The Morgan fingerprint density at radius 2 is 1.05 bits per heavy atom. The molecule has 0 spiro atoms. The number of carboxylic acids is 2. The molecule has 332 valence electrons. The number of aliphatic hydroxyl groups is 2. The molecule has 4 heterocycles. The minimum Gasteiger partial charge on any atom is -0.488 e. The average Bonchev–Trinajstić information content (AvgIpc) is 3.51. The minimum absolute atomic E-state index is 0. The van der Waals surface area contributed by atoms with Crippen LogP contribution in [0.3, 0.4) is 0 Å². The second-order valence-corrected chi connectivity index (χ2v) is 16.9. The lowest BCUT2D eigenvalue weighted by Crippen LogP contribution is -2.42. The van der Waals surface area contributed by atoms with Gasteiger partial charge in [-0.3, -0.25) is 9.59 Å². The van der Waals surface area contributed by atoms with Gasteiger partial charge in [0.05, 0.1) is 11.8 Å². The minimum atomic E-state index is -0.753. The summed E-state index contributed by atoms with van der Waals surface area (Å²) < 4.78 is 12.3. The van der Waals surface area contributed by atoms with Gasteiger partial charge in [0.15, 0.2) is 0 Å². The molecule has 4 N–H and O–H groups in total. The molecule has 4 aliphatic heterocycles. The van der Waals surface area contributed by atoms with Crippen molar-refractivity contribution in [1.82, 2.24) is 9.80 Å². The smallest absolute Gasteiger partial charge is 0.310 e. The van der Waals surface area contributed by atoms with Crippen LogP contribution in [0, 0.1) is 5.41 Å². The summed E-state index contributed by atoms with van der Waals surface area (Å²) in [6.45, 7) is 9.54. The number of aliphatic carboxylic acids is 2. The number of rotatable bonds is 10. The molecule has 10 nitrogen and oxygen atoms in total. The highest BCUT2D eigenvalue weighted by Gasteiger charge is 2.32. The highest BCUT2D eigenvalue weighted by atomic mass is 35.5. The van der Waals surface area contributed by atoms with Crippen molar-refractivity contribution in [2.45, 2.75) is 72.0 Å². The standard InChI is InChI=1S/C26H31NO4.C24H27NO4.2ClH/c1-26(2,25(29)30)17-27-12-9-19(10-13-27)24-21-6-4-3-5-20(21)16-31-23-8-7-18(11-14-28)15-22(23)24;26-14-10-17-5-6-22-21(15-17)24(20-4-2-1-3-19(20)16-29-22)18-7-11-25(12-8-18)13-9-23(27)28;;/h3-8,15,28H,9-14,16-17H2,1-2H3,(H,29,30);1-6,15,26H,7-14,16H2,(H,27,28);2*1H. The zero-order chi connectivity index (χ0) is 42.2. The van der Waals surface area contributed by atoms with Crippen LogP contribution in [0.15, 0.2) is 96.1 Å². The molecule has 4 aromatic carbocycles. The molecule has 62 heavy (non-hydrogen) atoms. The van der Waals surface area contributed by atoms with Crippen LogP contribution in [0.1, 0.15) is 90.5 Å². The Labute approximate surface area is 377 Å². The lowest BCUT2D eigenvalue weighted by atomic mass is 9.85. The summed E-state index contributed by atoms with van der Waals surface area (Å²) in [6.07, 6.45) is 5.10. The summed E-state index contributed by atoms with van der Waals surface area (Å²) in [6, 6.07) is 29.3. The van der Waals surface area contributed by atoms with Gasteiger partial charge >= 0.3 is 11.9 Å². The number of ether oxygens (including phenoxy) is 2. The molecule has 0 amide bonds. The molecule has 0 aromatic heterocycles. The van der Waals surface area contributed by atoms with E-state index in [1.807, 2.05) is 36.4 Å². The monoisotopic (exact) mass is 886 g/mol. The van der Waals surface area contributed by atoms with Crippen LogP contribution in [0.5, 0.6) is 11.5 Å². The van der Waals surface area contributed by atoms with Crippen LogP contribution in [0.2, 0.25) is 0 Å². The first-order valence-corrected chi connectivity index (χ1v) is 21.3. The SMILES string of the molecule is CC(C)(CN1CCC(=C2c3ccccc3COc3ccc(CCO)cc32)CC1)C(=O)O.Cl.Cl.O=C(O)CCN1CCC(=C2c3ccccc3COc3ccc(CCO)cc32)CC1. The van der Waals surface area contributed by atoms with Gasteiger partial charge in [0, 0.05) is 63.6 Å². The summed E-state index contributed by atoms with van der Waals surface area (Å²) >= 11 is 0. The molecule has 0 radical (unpaired) electrons. The van der Waals surface area contributed by atoms with E-state index >= 15 is 0 Å². The number of hydrogen-bond acceptors (Lipinski definition) is 8. The number of carbonyl (C=O) groups is 2. The van der Waals surface area contributed by atoms with Crippen LogP contribution in [0.4, 0.5) is 0 Å². The quantitative estimate of drug-likeness (QED) is 0.123. The molecule has 0 atom stereocenters. The van der Waals surface area contributed by atoms with Gasteiger partial charge in [-0.05, 0) is 121 Å². The Bertz CT molecular complexity index is 2250. The van der Waals surface area contributed by atoms with Gasteiger partial charge in [0.1, 0.15) is 24.7 Å². The maximum atomic E-state index is 11.5. The fraction of sp³-hybridized carbons (Fsp3) is 0.400. The number of benzene rings is 4. The molecular formula is C50H60Cl2N2O8. The first-order valence-electron chi connectivity index (χ1n) is 21.3. The fourth-order valence-corrected chi connectivity index (χ4v) is 8.92. The first kappa shape index (κ1) is 48.4. The van der Waals surface area contributed by atoms with Crippen LogP contribution < -0.4 is 9.47 Å². The van der Waals surface area contributed by atoms with Crippen LogP contribution in [0.25, 0.3) is 11.1 Å². The number of aliphatic hydroxyl groups excluding tert-OH is 2. The maximum absolute atomic E-state index is 11.5. The normalized spacial score (nSPS) is 16.2. The van der Waals surface area contributed by atoms with Crippen LogP contribution in [-0.4, -0.2) is 94.6 Å². The molecule has 12 heteroatoms. The van der Waals surface area contributed by atoms with E-state index in [1.54, 1.807) is 13.8 Å². The number of fused-ring (bicyclic) bond motifs is 4. The van der Waals surface area contributed by atoms with Gasteiger partial charge in [0.25, 0.3) is 0 Å². The van der Waals surface area contributed by atoms with Gasteiger partial charge in [-0.15, -0.1) is 24.8 Å². The maximum Gasteiger partial charge on any atom is 0.310 e.